The molecule has 0 amide bonds. The molecule has 3 nitrogen and oxygen atoms in total. The second-order valence-corrected chi connectivity index (χ2v) is 8.07. The lowest BCUT2D eigenvalue weighted by atomic mass is 10.1. The third-order valence-electron chi connectivity index (χ3n) is 5.15. The van der Waals surface area contributed by atoms with Gasteiger partial charge >= 0.3 is 0 Å². The Morgan fingerprint density at radius 2 is 1.74 bits per heavy atom. The Morgan fingerprint density at radius 1 is 0.963 bits per heavy atom. The van der Waals surface area contributed by atoms with Crippen LogP contribution < -0.4 is 4.90 Å². The van der Waals surface area contributed by atoms with E-state index in [-0.39, 0.29) is 12.4 Å². The predicted octanol–water partition coefficient (Wildman–Crippen LogP) is 4.83. The van der Waals surface area contributed by atoms with Gasteiger partial charge in [-0.1, -0.05) is 36.4 Å². The van der Waals surface area contributed by atoms with E-state index in [4.69, 9.17) is 4.74 Å². The molecule has 5 heteroatoms. The summed E-state index contributed by atoms with van der Waals surface area (Å²) in [6.45, 7) is 6.33. The summed E-state index contributed by atoms with van der Waals surface area (Å²) in [5.41, 5.74) is 2.81. The summed E-state index contributed by atoms with van der Waals surface area (Å²) in [5, 5.41) is 1.38. The van der Waals surface area contributed by atoms with E-state index in [9.17, 15) is 0 Å². The van der Waals surface area contributed by atoms with E-state index in [0.717, 1.165) is 39.1 Å². The van der Waals surface area contributed by atoms with Crippen molar-refractivity contribution >= 4 is 39.5 Å². The number of nitrogens with zero attached hydrogens (tertiary/aromatic N) is 2. The van der Waals surface area contributed by atoms with Gasteiger partial charge in [0.15, 0.2) is 0 Å². The number of hydrogen-bond acceptors (Lipinski definition) is 4. The van der Waals surface area contributed by atoms with Gasteiger partial charge in [0.2, 0.25) is 0 Å². The molecular weight excluding hydrogens is 376 g/mol. The predicted molar refractivity (Wildman–Crippen MR) is 119 cm³/mol. The van der Waals surface area contributed by atoms with Crippen LogP contribution in [0.15, 0.2) is 54.6 Å². The molecule has 3 aromatic rings. The highest BCUT2D eigenvalue weighted by Crippen LogP contribution is 2.34. The van der Waals surface area contributed by atoms with Crippen LogP contribution in [0.2, 0.25) is 0 Å². The molecule has 0 N–H and O–H groups in total. The third kappa shape index (κ3) is 4.82. The molecule has 0 spiro atoms. The summed E-state index contributed by atoms with van der Waals surface area (Å²) in [6, 6.07) is 19.8. The first-order valence-electron chi connectivity index (χ1n) is 9.35. The molecule has 0 bridgehead atoms. The minimum absolute atomic E-state index is 0. The molecular formula is C22H27ClN2OS. The summed E-state index contributed by atoms with van der Waals surface area (Å²) in [7, 11) is 1.76. The van der Waals surface area contributed by atoms with Crippen molar-refractivity contribution in [1.82, 2.24) is 4.90 Å². The van der Waals surface area contributed by atoms with Gasteiger partial charge in [-0.25, -0.2) is 0 Å². The fraction of sp³-hybridized carbons (Fsp3) is 0.364. The summed E-state index contributed by atoms with van der Waals surface area (Å²) in [5.74, 6) is 0. The molecule has 1 fully saturated rings. The van der Waals surface area contributed by atoms with E-state index < -0.39 is 0 Å². The van der Waals surface area contributed by atoms with Crippen molar-refractivity contribution in [1.29, 1.82) is 0 Å². The highest BCUT2D eigenvalue weighted by molar-refractivity contribution is 7.19. The molecule has 2 heterocycles. The van der Waals surface area contributed by atoms with Gasteiger partial charge in [-0.2, -0.15) is 0 Å². The number of ether oxygens (including phenoxy) is 1. The van der Waals surface area contributed by atoms with E-state index in [1.165, 1.54) is 26.2 Å². The lowest BCUT2D eigenvalue weighted by Gasteiger charge is -2.36. The number of piperazine rings is 1. The maximum absolute atomic E-state index is 5.31. The largest absolute Gasteiger partial charge is 0.379 e. The van der Waals surface area contributed by atoms with Gasteiger partial charge in [0.1, 0.15) is 0 Å². The minimum atomic E-state index is 0. The van der Waals surface area contributed by atoms with Gasteiger partial charge in [-0.3, -0.25) is 4.90 Å². The fourth-order valence-electron chi connectivity index (χ4n) is 3.73. The Labute approximate surface area is 172 Å². The van der Waals surface area contributed by atoms with Gasteiger partial charge in [0.05, 0.1) is 6.61 Å². The molecule has 4 rings (SSSR count). The molecule has 144 valence electrons. The number of thiophene rings is 1. The third-order valence-corrected chi connectivity index (χ3v) is 6.22. The molecule has 0 aliphatic carbocycles. The minimum Gasteiger partial charge on any atom is -0.379 e. The Kier molecular flexibility index (Phi) is 7.13. The molecule has 0 radical (unpaired) electrons. The number of rotatable bonds is 6. The SMILES string of the molecule is COCc1cc2c(N3CCN(CCc4ccccc4)CC3)cccc2s1.Cl. The summed E-state index contributed by atoms with van der Waals surface area (Å²) < 4.78 is 6.67. The van der Waals surface area contributed by atoms with E-state index in [1.807, 2.05) is 11.3 Å². The normalized spacial score (nSPS) is 15.1. The zero-order valence-corrected chi connectivity index (χ0v) is 17.4. The molecule has 1 aliphatic rings. The Bertz CT molecular complexity index is 844. The van der Waals surface area contributed by atoms with Crippen LogP contribution in [0, 0.1) is 0 Å². The van der Waals surface area contributed by atoms with E-state index in [0.29, 0.717) is 6.61 Å². The first-order chi connectivity index (χ1) is 12.8. The van der Waals surface area contributed by atoms with Gasteiger partial charge < -0.3 is 9.64 Å². The Hall–Kier alpha value is -1.59. The average molecular weight is 403 g/mol. The van der Waals surface area contributed by atoms with Crippen molar-refractivity contribution in [3.05, 3.63) is 65.0 Å². The lowest BCUT2D eigenvalue weighted by Crippen LogP contribution is -2.47. The monoisotopic (exact) mass is 402 g/mol. The molecule has 0 unspecified atom stereocenters. The smallest absolute Gasteiger partial charge is 0.0806 e. The summed E-state index contributed by atoms with van der Waals surface area (Å²) >= 11 is 1.84. The van der Waals surface area contributed by atoms with Crippen LogP contribution >= 0.6 is 23.7 Å². The van der Waals surface area contributed by atoms with Crippen molar-refractivity contribution < 1.29 is 4.74 Å². The van der Waals surface area contributed by atoms with Crippen LogP contribution in [0.5, 0.6) is 0 Å². The topological polar surface area (TPSA) is 15.7 Å². The van der Waals surface area contributed by atoms with Crippen LogP contribution in [0.1, 0.15) is 10.4 Å². The van der Waals surface area contributed by atoms with E-state index in [1.54, 1.807) is 7.11 Å². The van der Waals surface area contributed by atoms with Crippen LogP contribution in [0.25, 0.3) is 10.1 Å². The van der Waals surface area contributed by atoms with Crippen LogP contribution in [-0.4, -0.2) is 44.7 Å². The molecule has 1 aliphatic heterocycles. The molecule has 27 heavy (non-hydrogen) atoms. The molecule has 0 atom stereocenters. The zero-order chi connectivity index (χ0) is 17.8. The lowest BCUT2D eigenvalue weighted by molar-refractivity contribution is 0.187. The molecule has 1 saturated heterocycles. The standard InChI is InChI=1S/C22H26N2OS.ClH/c1-25-17-19-16-20-21(8-5-9-22(20)26-19)24-14-12-23(13-15-24)11-10-18-6-3-2-4-7-18;/h2-9,16H,10-15,17H2,1H3;1H. The Balaban J connectivity index is 0.00000210. The van der Waals surface area contributed by atoms with Crippen LogP contribution in [-0.2, 0) is 17.8 Å². The van der Waals surface area contributed by atoms with Crippen LogP contribution in [0.4, 0.5) is 5.69 Å². The summed E-state index contributed by atoms with van der Waals surface area (Å²) in [4.78, 5) is 6.44. The first kappa shape index (κ1) is 20.2. The van der Waals surface area contributed by atoms with E-state index >= 15 is 0 Å². The van der Waals surface area contributed by atoms with Crippen LogP contribution in [0.3, 0.4) is 0 Å². The van der Waals surface area contributed by atoms with Crippen molar-refractivity contribution in [2.75, 3.05) is 44.7 Å². The quantitative estimate of drug-likeness (QED) is 0.587. The van der Waals surface area contributed by atoms with Gasteiger partial charge in [-0.15, -0.1) is 23.7 Å². The maximum atomic E-state index is 5.31. The second kappa shape index (κ2) is 9.56. The van der Waals surface area contributed by atoms with Crippen molar-refractivity contribution in [3.63, 3.8) is 0 Å². The highest BCUT2D eigenvalue weighted by atomic mass is 35.5. The van der Waals surface area contributed by atoms with Crippen molar-refractivity contribution in [3.8, 4) is 0 Å². The molecule has 1 aromatic heterocycles. The van der Waals surface area contributed by atoms with Gasteiger partial charge in [0, 0.05) is 60.5 Å². The van der Waals surface area contributed by atoms with Gasteiger partial charge in [0.25, 0.3) is 0 Å². The van der Waals surface area contributed by atoms with Crippen molar-refractivity contribution in [2.45, 2.75) is 13.0 Å². The molecule has 2 aromatic carbocycles. The number of benzene rings is 2. The maximum Gasteiger partial charge on any atom is 0.0806 e. The number of fused-ring (bicyclic) bond motifs is 1. The second-order valence-electron chi connectivity index (χ2n) is 6.90. The number of methoxy groups -OCH3 is 1. The highest BCUT2D eigenvalue weighted by Gasteiger charge is 2.19. The first-order valence-corrected chi connectivity index (χ1v) is 10.2. The Morgan fingerprint density at radius 3 is 2.48 bits per heavy atom. The van der Waals surface area contributed by atoms with E-state index in [2.05, 4.69) is 64.4 Å². The van der Waals surface area contributed by atoms with Gasteiger partial charge in [-0.05, 0) is 30.2 Å². The summed E-state index contributed by atoms with van der Waals surface area (Å²) in [6.07, 6.45) is 1.14. The number of halogens is 1. The number of hydrogen-bond donors (Lipinski definition) is 0. The van der Waals surface area contributed by atoms with Crippen molar-refractivity contribution in [2.24, 2.45) is 0 Å². The molecule has 0 saturated carbocycles. The zero-order valence-electron chi connectivity index (χ0n) is 15.8. The fourth-order valence-corrected chi connectivity index (χ4v) is 4.79. The average Bonchev–Trinajstić information content (AvgIpc) is 3.10. The number of anilines is 1.